The summed E-state index contributed by atoms with van der Waals surface area (Å²) in [5, 5.41) is 12.7. The van der Waals surface area contributed by atoms with Crippen LogP contribution in [0.25, 0.3) is 28.7 Å². The van der Waals surface area contributed by atoms with Crippen molar-refractivity contribution in [1.82, 2.24) is 29.7 Å². The van der Waals surface area contributed by atoms with E-state index in [9.17, 15) is 9.59 Å². The summed E-state index contributed by atoms with van der Waals surface area (Å²) in [5.41, 5.74) is 4.61. The lowest BCUT2D eigenvalue weighted by Gasteiger charge is -2.09. The molecular weight excluding hydrogens is 564 g/mol. The number of hydrogen-bond acceptors (Lipinski definition) is 6. The van der Waals surface area contributed by atoms with E-state index in [-0.39, 0.29) is 17.7 Å². The number of nitrogens with zero attached hydrogens (tertiary/aromatic N) is 6. The first-order valence-corrected chi connectivity index (χ1v) is 13.3. The van der Waals surface area contributed by atoms with Crippen molar-refractivity contribution >= 4 is 44.9 Å². The zero-order valence-corrected chi connectivity index (χ0v) is 22.2. The van der Waals surface area contributed by atoms with Gasteiger partial charge in [0.25, 0.3) is 11.1 Å². The second-order valence-electron chi connectivity index (χ2n) is 8.48. The molecule has 8 nitrogen and oxygen atoms in total. The third-order valence-electron chi connectivity index (χ3n) is 5.92. The van der Waals surface area contributed by atoms with E-state index >= 15 is 0 Å². The number of carbonyl (C=O) groups is 2. The molecule has 3 heterocycles. The van der Waals surface area contributed by atoms with Gasteiger partial charge in [-0.3, -0.25) is 14.5 Å². The fraction of sp³-hybridized carbons (Fsp3) is 0.0357. The van der Waals surface area contributed by atoms with E-state index in [2.05, 4.69) is 26.2 Å². The summed E-state index contributed by atoms with van der Waals surface area (Å²) in [4.78, 5) is 27.6. The Morgan fingerprint density at radius 3 is 2.24 bits per heavy atom. The number of thioether (sulfide) groups is 1. The van der Waals surface area contributed by atoms with Gasteiger partial charge in [0, 0.05) is 21.8 Å². The van der Waals surface area contributed by atoms with Crippen molar-refractivity contribution in [1.29, 1.82) is 0 Å². The van der Waals surface area contributed by atoms with Crippen LogP contribution in [0.2, 0.25) is 0 Å². The Kier molecular flexibility index (Phi) is 6.48. The van der Waals surface area contributed by atoms with Crippen molar-refractivity contribution in [3.8, 4) is 22.6 Å². The predicted octanol–water partition coefficient (Wildman–Crippen LogP) is 6.12. The molecule has 1 fully saturated rings. The minimum absolute atomic E-state index is 0.0351. The van der Waals surface area contributed by atoms with Crippen molar-refractivity contribution in [3.05, 3.63) is 118 Å². The van der Waals surface area contributed by atoms with E-state index in [0.717, 1.165) is 44.4 Å². The van der Waals surface area contributed by atoms with E-state index < -0.39 is 0 Å². The highest BCUT2D eigenvalue weighted by molar-refractivity contribution is 9.10. The lowest BCUT2D eigenvalue weighted by molar-refractivity contribution is -0.123. The number of rotatable bonds is 6. The van der Waals surface area contributed by atoms with E-state index in [0.29, 0.717) is 10.6 Å². The number of aromatic nitrogens is 5. The fourth-order valence-electron chi connectivity index (χ4n) is 4.06. The number of para-hydroxylation sites is 1. The summed E-state index contributed by atoms with van der Waals surface area (Å²) < 4.78 is 4.34. The average molecular weight is 583 g/mol. The molecule has 0 N–H and O–H groups in total. The second kappa shape index (κ2) is 10.2. The molecule has 38 heavy (non-hydrogen) atoms. The summed E-state index contributed by atoms with van der Waals surface area (Å²) in [6, 6.07) is 27.1. The Morgan fingerprint density at radius 1 is 0.816 bits per heavy atom. The van der Waals surface area contributed by atoms with Gasteiger partial charge in [-0.05, 0) is 54.2 Å². The molecule has 0 unspecified atom stereocenters. The van der Waals surface area contributed by atoms with Gasteiger partial charge in [-0.1, -0.05) is 69.7 Å². The predicted molar refractivity (Wildman–Crippen MR) is 150 cm³/mol. The molecule has 186 valence electrons. The van der Waals surface area contributed by atoms with Gasteiger partial charge in [0.1, 0.15) is 5.69 Å². The molecule has 0 radical (unpaired) electrons. The highest BCUT2D eigenvalue weighted by atomic mass is 79.9. The number of hydrogen-bond donors (Lipinski definition) is 0. The van der Waals surface area contributed by atoms with Gasteiger partial charge < -0.3 is 0 Å². The lowest BCUT2D eigenvalue weighted by atomic mass is 10.1. The number of halogens is 1. The van der Waals surface area contributed by atoms with Crippen molar-refractivity contribution in [2.24, 2.45) is 0 Å². The zero-order valence-electron chi connectivity index (χ0n) is 19.8. The van der Waals surface area contributed by atoms with Crippen LogP contribution in [-0.4, -0.2) is 40.8 Å². The number of imide groups is 1. The van der Waals surface area contributed by atoms with Gasteiger partial charge in [-0.2, -0.15) is 5.10 Å². The summed E-state index contributed by atoms with van der Waals surface area (Å²) in [7, 11) is 0. The first-order chi connectivity index (χ1) is 18.5. The third-order valence-corrected chi connectivity index (χ3v) is 7.36. The van der Waals surface area contributed by atoms with Crippen molar-refractivity contribution in [2.75, 3.05) is 0 Å². The highest BCUT2D eigenvalue weighted by Crippen LogP contribution is 2.35. The Morgan fingerprint density at radius 2 is 1.50 bits per heavy atom. The molecule has 6 rings (SSSR count). The quantitative estimate of drug-likeness (QED) is 0.224. The molecule has 1 aliphatic rings. The molecular formula is C28H19BrN6O2S. The van der Waals surface area contributed by atoms with Gasteiger partial charge in [0.05, 0.1) is 34.7 Å². The summed E-state index contributed by atoms with van der Waals surface area (Å²) in [5.74, 6) is -0.371. The van der Waals surface area contributed by atoms with E-state index in [1.54, 1.807) is 21.6 Å². The van der Waals surface area contributed by atoms with Crippen LogP contribution in [0.1, 0.15) is 11.3 Å². The van der Waals surface area contributed by atoms with Crippen LogP contribution < -0.4 is 0 Å². The number of benzene rings is 3. The van der Waals surface area contributed by atoms with Crippen molar-refractivity contribution < 1.29 is 9.59 Å². The van der Waals surface area contributed by atoms with E-state index in [4.69, 9.17) is 5.10 Å². The van der Waals surface area contributed by atoms with Crippen LogP contribution in [-0.2, 0) is 11.3 Å². The largest absolute Gasteiger partial charge is 0.293 e. The molecule has 2 amide bonds. The van der Waals surface area contributed by atoms with Crippen LogP contribution in [0.15, 0.2) is 107 Å². The smallest absolute Gasteiger partial charge is 0.268 e. The SMILES string of the molecule is O=C1S/C(=C\c2cn(-c3ccccc3)nc2-c2ccccc2)C(=O)N1Cc1cn(-c2ccc(Br)cc2)nn1. The molecule has 2 aromatic heterocycles. The Labute approximate surface area is 230 Å². The van der Waals surface area contributed by atoms with Gasteiger partial charge in [-0.15, -0.1) is 5.10 Å². The molecule has 0 bridgehead atoms. The molecule has 0 atom stereocenters. The van der Waals surface area contributed by atoms with Crippen LogP contribution in [0.5, 0.6) is 0 Å². The minimum atomic E-state index is -0.371. The number of carbonyl (C=O) groups excluding carboxylic acids is 2. The first-order valence-electron chi connectivity index (χ1n) is 11.7. The Hall–Kier alpha value is -4.28. The van der Waals surface area contributed by atoms with Crippen LogP contribution in [0, 0.1) is 0 Å². The fourth-order valence-corrected chi connectivity index (χ4v) is 5.15. The van der Waals surface area contributed by atoms with Gasteiger partial charge in [0.2, 0.25) is 0 Å². The van der Waals surface area contributed by atoms with Crippen LogP contribution in [0.3, 0.4) is 0 Å². The molecule has 0 saturated carbocycles. The molecule has 0 aliphatic carbocycles. The second-order valence-corrected chi connectivity index (χ2v) is 10.4. The summed E-state index contributed by atoms with van der Waals surface area (Å²) in [6.07, 6.45) is 5.32. The lowest BCUT2D eigenvalue weighted by Crippen LogP contribution is -2.27. The zero-order chi connectivity index (χ0) is 26.1. The standard InChI is InChI=1S/C28H19BrN6O2S/c29-21-11-13-24(14-12-21)35-18-22(30-32-35)17-33-27(36)25(38-28(33)37)15-20-16-34(23-9-5-2-6-10-23)31-26(20)19-7-3-1-4-8-19/h1-16,18H,17H2/b25-15-. The van der Waals surface area contributed by atoms with Crippen molar-refractivity contribution in [2.45, 2.75) is 6.54 Å². The molecule has 10 heteroatoms. The monoisotopic (exact) mass is 582 g/mol. The van der Waals surface area contributed by atoms with Gasteiger partial charge >= 0.3 is 0 Å². The van der Waals surface area contributed by atoms with E-state index in [1.807, 2.05) is 91.1 Å². The molecule has 1 aliphatic heterocycles. The molecule has 1 saturated heterocycles. The topological polar surface area (TPSA) is 85.9 Å². The van der Waals surface area contributed by atoms with Crippen LogP contribution in [0.4, 0.5) is 4.79 Å². The van der Waals surface area contributed by atoms with E-state index in [1.165, 1.54) is 4.90 Å². The number of amides is 2. The third kappa shape index (κ3) is 4.83. The Balaban J connectivity index is 1.28. The van der Waals surface area contributed by atoms with Gasteiger partial charge in [0.15, 0.2) is 0 Å². The molecule has 5 aromatic rings. The maximum absolute atomic E-state index is 13.3. The van der Waals surface area contributed by atoms with Crippen molar-refractivity contribution in [3.63, 3.8) is 0 Å². The first kappa shape index (κ1) is 24.1. The molecule has 0 spiro atoms. The minimum Gasteiger partial charge on any atom is -0.268 e. The Bertz CT molecular complexity index is 1660. The summed E-state index contributed by atoms with van der Waals surface area (Å²) in [6.45, 7) is 0.0351. The normalized spacial score (nSPS) is 14.6. The summed E-state index contributed by atoms with van der Waals surface area (Å²) >= 11 is 4.33. The average Bonchev–Trinajstić information content (AvgIpc) is 3.65. The highest BCUT2D eigenvalue weighted by Gasteiger charge is 2.36. The van der Waals surface area contributed by atoms with Gasteiger partial charge in [-0.25, -0.2) is 9.36 Å². The van der Waals surface area contributed by atoms with Crippen LogP contribution >= 0.6 is 27.7 Å². The maximum Gasteiger partial charge on any atom is 0.293 e. The maximum atomic E-state index is 13.3. The molecule has 3 aromatic carbocycles.